The minimum atomic E-state index is -0.121. The van der Waals surface area contributed by atoms with Gasteiger partial charge in [0.05, 0.1) is 11.9 Å². The lowest BCUT2D eigenvalue weighted by Crippen LogP contribution is -2.13. The molecule has 0 aliphatic rings. The predicted molar refractivity (Wildman–Crippen MR) is 74.7 cm³/mol. The Labute approximate surface area is 114 Å². The van der Waals surface area contributed by atoms with Crippen LogP contribution in [0.25, 0.3) is 0 Å². The molecule has 0 spiro atoms. The molecule has 1 aromatic heterocycles. The minimum absolute atomic E-state index is 0.121. The molecule has 1 heterocycles. The highest BCUT2D eigenvalue weighted by atomic mass is 79.9. The van der Waals surface area contributed by atoms with Crippen molar-refractivity contribution in [3.8, 4) is 0 Å². The zero-order chi connectivity index (χ0) is 13.1. The van der Waals surface area contributed by atoms with E-state index in [0.717, 1.165) is 16.6 Å². The van der Waals surface area contributed by atoms with Gasteiger partial charge >= 0.3 is 0 Å². The molecule has 2 rings (SSSR count). The Balaban J connectivity index is 2.19. The Morgan fingerprint density at radius 3 is 2.94 bits per heavy atom. The number of carbonyl (C=O) groups is 1. The summed E-state index contributed by atoms with van der Waals surface area (Å²) in [4.78, 5) is 12.1. The van der Waals surface area contributed by atoms with Crippen molar-refractivity contribution in [2.45, 2.75) is 20.4 Å². The van der Waals surface area contributed by atoms with E-state index in [9.17, 15) is 4.79 Å². The number of halogens is 1. The molecule has 0 aliphatic heterocycles. The van der Waals surface area contributed by atoms with E-state index in [2.05, 4.69) is 26.3 Å². The molecular weight excluding hydrogens is 294 g/mol. The number of amides is 1. The van der Waals surface area contributed by atoms with E-state index in [0.29, 0.717) is 11.3 Å². The topological polar surface area (TPSA) is 46.9 Å². The third kappa shape index (κ3) is 2.61. The summed E-state index contributed by atoms with van der Waals surface area (Å²) in [6.07, 6.45) is 3.46. The minimum Gasteiger partial charge on any atom is -0.319 e. The van der Waals surface area contributed by atoms with Crippen LogP contribution in [-0.4, -0.2) is 15.7 Å². The second-order valence-corrected chi connectivity index (χ2v) is 4.81. The molecule has 1 amide bonds. The fourth-order valence-electron chi connectivity index (χ4n) is 1.65. The summed E-state index contributed by atoms with van der Waals surface area (Å²) < 4.78 is 2.70. The van der Waals surface area contributed by atoms with Crippen molar-refractivity contribution in [2.24, 2.45) is 0 Å². The van der Waals surface area contributed by atoms with Gasteiger partial charge < -0.3 is 5.32 Å². The first kappa shape index (κ1) is 12.8. The van der Waals surface area contributed by atoms with Gasteiger partial charge in [-0.1, -0.05) is 22.0 Å². The average molecular weight is 308 g/mol. The molecule has 0 saturated carbocycles. The standard InChI is InChI=1S/C13H14BrN3O/c1-3-17-8-10(7-15-17)16-13(18)11-5-4-6-12(14)9(11)2/h4-8H,3H2,1-2H3,(H,16,18). The third-order valence-electron chi connectivity index (χ3n) is 2.73. The molecule has 94 valence electrons. The Kier molecular flexibility index (Phi) is 3.81. The van der Waals surface area contributed by atoms with Crippen molar-refractivity contribution in [3.63, 3.8) is 0 Å². The van der Waals surface area contributed by atoms with Crippen LogP contribution in [0.1, 0.15) is 22.8 Å². The number of nitrogens with zero attached hydrogens (tertiary/aromatic N) is 2. The number of carbonyl (C=O) groups excluding carboxylic acids is 1. The van der Waals surface area contributed by atoms with E-state index in [1.807, 2.05) is 32.2 Å². The smallest absolute Gasteiger partial charge is 0.256 e. The van der Waals surface area contributed by atoms with Gasteiger partial charge in [0.15, 0.2) is 0 Å². The van der Waals surface area contributed by atoms with Gasteiger partial charge in [0, 0.05) is 22.8 Å². The maximum absolute atomic E-state index is 12.1. The fraction of sp³-hybridized carbons (Fsp3) is 0.231. The van der Waals surface area contributed by atoms with Crippen LogP contribution in [0.4, 0.5) is 5.69 Å². The summed E-state index contributed by atoms with van der Waals surface area (Å²) >= 11 is 3.42. The van der Waals surface area contributed by atoms with Crippen molar-refractivity contribution in [2.75, 3.05) is 5.32 Å². The maximum Gasteiger partial charge on any atom is 0.256 e. The van der Waals surface area contributed by atoms with Gasteiger partial charge in [-0.3, -0.25) is 9.48 Å². The lowest BCUT2D eigenvalue weighted by Gasteiger charge is -2.07. The summed E-state index contributed by atoms with van der Waals surface area (Å²) in [6, 6.07) is 5.57. The molecule has 0 fully saturated rings. The van der Waals surface area contributed by atoms with Crippen LogP contribution in [0, 0.1) is 6.92 Å². The van der Waals surface area contributed by atoms with E-state index in [4.69, 9.17) is 0 Å². The Morgan fingerprint density at radius 1 is 1.50 bits per heavy atom. The number of hydrogen-bond acceptors (Lipinski definition) is 2. The van der Waals surface area contributed by atoms with Gasteiger partial charge in [0.1, 0.15) is 0 Å². The average Bonchev–Trinajstić information content (AvgIpc) is 2.80. The first-order valence-electron chi connectivity index (χ1n) is 5.70. The van der Waals surface area contributed by atoms with Gasteiger partial charge in [-0.2, -0.15) is 5.10 Å². The zero-order valence-electron chi connectivity index (χ0n) is 10.3. The fourth-order valence-corrected chi connectivity index (χ4v) is 2.02. The lowest BCUT2D eigenvalue weighted by atomic mass is 10.1. The number of nitrogens with one attached hydrogen (secondary N) is 1. The van der Waals surface area contributed by atoms with E-state index >= 15 is 0 Å². The van der Waals surface area contributed by atoms with Crippen LogP contribution in [0.2, 0.25) is 0 Å². The van der Waals surface area contributed by atoms with Crippen molar-refractivity contribution in [1.29, 1.82) is 0 Å². The molecular formula is C13H14BrN3O. The quantitative estimate of drug-likeness (QED) is 0.946. The Hall–Kier alpha value is -1.62. The highest BCUT2D eigenvalue weighted by molar-refractivity contribution is 9.10. The monoisotopic (exact) mass is 307 g/mol. The van der Waals surface area contributed by atoms with Gasteiger partial charge in [-0.15, -0.1) is 0 Å². The third-order valence-corrected chi connectivity index (χ3v) is 3.59. The van der Waals surface area contributed by atoms with Gasteiger partial charge in [-0.05, 0) is 31.5 Å². The van der Waals surface area contributed by atoms with E-state index in [-0.39, 0.29) is 5.91 Å². The molecule has 1 N–H and O–H groups in total. The molecule has 5 heteroatoms. The SMILES string of the molecule is CCn1cc(NC(=O)c2cccc(Br)c2C)cn1. The van der Waals surface area contributed by atoms with Crippen molar-refractivity contribution >= 4 is 27.5 Å². The van der Waals surface area contributed by atoms with Crippen molar-refractivity contribution in [1.82, 2.24) is 9.78 Å². The van der Waals surface area contributed by atoms with Crippen LogP contribution >= 0.6 is 15.9 Å². The lowest BCUT2D eigenvalue weighted by molar-refractivity contribution is 0.102. The van der Waals surface area contributed by atoms with E-state index in [1.54, 1.807) is 16.9 Å². The highest BCUT2D eigenvalue weighted by Gasteiger charge is 2.11. The molecule has 0 radical (unpaired) electrons. The maximum atomic E-state index is 12.1. The first-order valence-corrected chi connectivity index (χ1v) is 6.50. The largest absolute Gasteiger partial charge is 0.319 e. The molecule has 0 aliphatic carbocycles. The molecule has 1 aromatic carbocycles. The first-order chi connectivity index (χ1) is 8.61. The van der Waals surface area contributed by atoms with E-state index < -0.39 is 0 Å². The van der Waals surface area contributed by atoms with E-state index in [1.165, 1.54) is 0 Å². The van der Waals surface area contributed by atoms with Crippen LogP contribution in [0.15, 0.2) is 35.1 Å². The number of rotatable bonds is 3. The van der Waals surface area contributed by atoms with Crippen LogP contribution < -0.4 is 5.32 Å². The molecule has 0 saturated heterocycles. The number of aryl methyl sites for hydroxylation is 1. The molecule has 18 heavy (non-hydrogen) atoms. The van der Waals surface area contributed by atoms with Crippen LogP contribution in [0.3, 0.4) is 0 Å². The summed E-state index contributed by atoms with van der Waals surface area (Å²) in [6.45, 7) is 4.69. The highest BCUT2D eigenvalue weighted by Crippen LogP contribution is 2.20. The van der Waals surface area contributed by atoms with Crippen molar-refractivity contribution in [3.05, 3.63) is 46.2 Å². The molecule has 4 nitrogen and oxygen atoms in total. The second-order valence-electron chi connectivity index (χ2n) is 3.95. The number of anilines is 1. The summed E-state index contributed by atoms with van der Waals surface area (Å²) in [7, 11) is 0. The van der Waals surface area contributed by atoms with Crippen LogP contribution in [-0.2, 0) is 6.54 Å². The molecule has 0 bridgehead atoms. The van der Waals surface area contributed by atoms with Gasteiger partial charge in [0.25, 0.3) is 5.91 Å². The number of benzene rings is 1. The Bertz CT molecular complexity index is 577. The summed E-state index contributed by atoms with van der Waals surface area (Å²) in [5.41, 5.74) is 2.30. The summed E-state index contributed by atoms with van der Waals surface area (Å²) in [5, 5.41) is 6.95. The molecule has 2 aromatic rings. The normalized spacial score (nSPS) is 10.4. The number of hydrogen-bond donors (Lipinski definition) is 1. The summed E-state index contributed by atoms with van der Waals surface area (Å²) in [5.74, 6) is -0.121. The van der Waals surface area contributed by atoms with Crippen LogP contribution in [0.5, 0.6) is 0 Å². The Morgan fingerprint density at radius 2 is 2.28 bits per heavy atom. The molecule has 0 atom stereocenters. The zero-order valence-corrected chi connectivity index (χ0v) is 11.9. The van der Waals surface area contributed by atoms with Crippen molar-refractivity contribution < 1.29 is 4.79 Å². The number of aromatic nitrogens is 2. The molecule has 0 unspecified atom stereocenters. The predicted octanol–water partition coefficient (Wildman–Crippen LogP) is 3.23. The second kappa shape index (κ2) is 5.35. The van der Waals surface area contributed by atoms with Gasteiger partial charge in [0.2, 0.25) is 0 Å². The van der Waals surface area contributed by atoms with Gasteiger partial charge in [-0.25, -0.2) is 0 Å².